The van der Waals surface area contributed by atoms with E-state index in [1.807, 2.05) is 4.90 Å². The number of ether oxygens (including phenoxy) is 2. The predicted molar refractivity (Wildman–Crippen MR) is 105 cm³/mol. The lowest BCUT2D eigenvalue weighted by molar-refractivity contribution is -0.143. The largest absolute Gasteiger partial charge is 0.497 e. The quantitative estimate of drug-likeness (QED) is 0.736. The molecule has 30 heavy (non-hydrogen) atoms. The van der Waals surface area contributed by atoms with E-state index >= 15 is 0 Å². The smallest absolute Gasteiger partial charge is 0.416 e. The predicted octanol–water partition coefficient (Wildman–Crippen LogP) is 4.61. The van der Waals surface area contributed by atoms with E-state index in [2.05, 4.69) is 0 Å². The summed E-state index contributed by atoms with van der Waals surface area (Å²) < 4.78 is 52.1. The Balaban J connectivity index is 2.11. The zero-order valence-corrected chi connectivity index (χ0v) is 16.8. The lowest BCUT2D eigenvalue weighted by Crippen LogP contribution is -2.40. The summed E-state index contributed by atoms with van der Waals surface area (Å²) in [7, 11) is 2.96. The summed E-state index contributed by atoms with van der Waals surface area (Å²) >= 11 is 0. The van der Waals surface area contributed by atoms with Gasteiger partial charge in [0.1, 0.15) is 11.5 Å². The number of hydrogen-bond donors (Lipinski definition) is 1. The number of methoxy groups -OCH3 is 2. The van der Waals surface area contributed by atoms with Gasteiger partial charge in [0.15, 0.2) is 0 Å². The number of aliphatic carboxylic acids is 1. The zero-order valence-electron chi connectivity index (χ0n) is 16.8. The molecule has 0 spiro atoms. The van der Waals surface area contributed by atoms with Crippen molar-refractivity contribution >= 4 is 5.97 Å². The first kappa shape index (κ1) is 22.0. The van der Waals surface area contributed by atoms with Crippen LogP contribution in [-0.4, -0.2) is 43.3 Å². The molecule has 1 N–H and O–H groups in total. The van der Waals surface area contributed by atoms with Gasteiger partial charge < -0.3 is 14.6 Å². The number of carbonyl (C=O) groups is 1. The number of nitrogens with zero attached hydrogens (tertiary/aromatic N) is 1. The van der Waals surface area contributed by atoms with Crippen molar-refractivity contribution in [3.8, 4) is 11.5 Å². The Morgan fingerprint density at radius 1 is 1.07 bits per heavy atom. The van der Waals surface area contributed by atoms with Crippen LogP contribution in [0.3, 0.4) is 0 Å². The van der Waals surface area contributed by atoms with Crippen molar-refractivity contribution in [3.05, 3.63) is 59.2 Å². The van der Waals surface area contributed by atoms with Crippen LogP contribution in [0.15, 0.2) is 42.5 Å². The fraction of sp³-hybridized carbons (Fsp3) is 0.409. The first-order chi connectivity index (χ1) is 14.3. The highest BCUT2D eigenvalue weighted by Crippen LogP contribution is 2.43. The summed E-state index contributed by atoms with van der Waals surface area (Å²) in [6, 6.07) is 9.79. The molecule has 1 saturated heterocycles. The molecule has 1 aliphatic heterocycles. The van der Waals surface area contributed by atoms with Crippen molar-refractivity contribution in [2.45, 2.75) is 25.1 Å². The molecule has 162 valence electrons. The standard InChI is InChI=1S/C22H24F3NO4/c1-29-15-7-8-17(19(13-15)30-2)20(26-11-9-14(10-12-26)21(27)28)16-5-3-4-6-18(16)22(23,24)25/h3-8,13-14,20H,9-12H2,1-2H3,(H,27,28). The SMILES string of the molecule is COc1ccc(C(c2ccccc2C(F)(F)F)N2CCC(C(=O)O)CC2)c(OC)c1. The molecule has 1 aliphatic rings. The highest BCUT2D eigenvalue weighted by molar-refractivity contribution is 5.70. The maximum absolute atomic E-state index is 13.8. The average Bonchev–Trinajstić information content (AvgIpc) is 2.74. The maximum atomic E-state index is 13.8. The van der Waals surface area contributed by atoms with E-state index in [1.165, 1.54) is 26.4 Å². The number of halogens is 3. The summed E-state index contributed by atoms with van der Waals surface area (Å²) in [5, 5.41) is 9.29. The van der Waals surface area contributed by atoms with E-state index in [4.69, 9.17) is 9.47 Å². The lowest BCUT2D eigenvalue weighted by atomic mass is 9.88. The molecule has 0 bridgehead atoms. The van der Waals surface area contributed by atoms with Crippen molar-refractivity contribution in [2.75, 3.05) is 27.3 Å². The molecule has 0 radical (unpaired) electrons. The van der Waals surface area contributed by atoms with Crippen molar-refractivity contribution in [1.82, 2.24) is 4.90 Å². The highest BCUT2D eigenvalue weighted by Gasteiger charge is 2.39. The van der Waals surface area contributed by atoms with Gasteiger partial charge in [-0.2, -0.15) is 13.2 Å². The molecular formula is C22H24F3NO4. The number of benzene rings is 2. The Labute approximate surface area is 173 Å². The Morgan fingerprint density at radius 2 is 1.73 bits per heavy atom. The van der Waals surface area contributed by atoms with Gasteiger partial charge in [-0.05, 0) is 49.7 Å². The van der Waals surface area contributed by atoms with Crippen molar-refractivity contribution in [2.24, 2.45) is 5.92 Å². The van der Waals surface area contributed by atoms with Crippen LogP contribution in [-0.2, 0) is 11.0 Å². The zero-order chi connectivity index (χ0) is 21.9. The van der Waals surface area contributed by atoms with Crippen LogP contribution in [0.4, 0.5) is 13.2 Å². The Kier molecular flexibility index (Phi) is 6.55. The highest BCUT2D eigenvalue weighted by atomic mass is 19.4. The number of piperidine rings is 1. The Bertz CT molecular complexity index is 892. The van der Waals surface area contributed by atoms with Crippen LogP contribution in [0.5, 0.6) is 11.5 Å². The topological polar surface area (TPSA) is 59.0 Å². The van der Waals surface area contributed by atoms with E-state index in [1.54, 1.807) is 24.3 Å². The number of likely N-dealkylation sites (tertiary alicyclic amines) is 1. The summed E-state index contributed by atoms with van der Waals surface area (Å²) in [6.07, 6.45) is -3.77. The molecule has 0 aliphatic carbocycles. The summed E-state index contributed by atoms with van der Waals surface area (Å²) in [5.74, 6) is -0.416. The first-order valence-corrected chi connectivity index (χ1v) is 9.61. The molecule has 1 unspecified atom stereocenters. The van der Waals surface area contributed by atoms with Crippen molar-refractivity contribution in [3.63, 3.8) is 0 Å². The third-order valence-electron chi connectivity index (χ3n) is 5.54. The van der Waals surface area contributed by atoms with E-state index in [0.29, 0.717) is 43.0 Å². The fourth-order valence-corrected chi connectivity index (χ4v) is 4.00. The molecular weight excluding hydrogens is 399 g/mol. The molecule has 3 rings (SSSR count). The molecule has 0 amide bonds. The van der Waals surface area contributed by atoms with Gasteiger partial charge in [0.05, 0.1) is 31.7 Å². The number of rotatable bonds is 6. The van der Waals surface area contributed by atoms with Gasteiger partial charge in [-0.1, -0.05) is 18.2 Å². The monoisotopic (exact) mass is 423 g/mol. The van der Waals surface area contributed by atoms with Crippen molar-refractivity contribution in [1.29, 1.82) is 0 Å². The van der Waals surface area contributed by atoms with Gasteiger partial charge in [-0.15, -0.1) is 0 Å². The van der Waals surface area contributed by atoms with Gasteiger partial charge >= 0.3 is 12.1 Å². The Hall–Kier alpha value is -2.74. The van der Waals surface area contributed by atoms with Gasteiger partial charge in [-0.3, -0.25) is 9.69 Å². The second-order valence-electron chi connectivity index (χ2n) is 7.24. The molecule has 0 saturated carbocycles. The van der Waals surface area contributed by atoms with Crippen LogP contribution < -0.4 is 9.47 Å². The summed E-state index contributed by atoms with van der Waals surface area (Å²) in [5.41, 5.74) is -0.0285. The molecule has 1 heterocycles. The van der Waals surface area contributed by atoms with Gasteiger partial charge in [0, 0.05) is 11.6 Å². The average molecular weight is 423 g/mol. The molecule has 1 fully saturated rings. The van der Waals surface area contributed by atoms with Crippen LogP contribution in [0.25, 0.3) is 0 Å². The minimum atomic E-state index is -4.52. The second kappa shape index (κ2) is 8.95. The lowest BCUT2D eigenvalue weighted by Gasteiger charge is -2.38. The van der Waals surface area contributed by atoms with E-state index in [0.717, 1.165) is 6.07 Å². The molecule has 2 aromatic carbocycles. The van der Waals surface area contributed by atoms with Crippen LogP contribution in [0.2, 0.25) is 0 Å². The second-order valence-corrected chi connectivity index (χ2v) is 7.24. The number of hydrogen-bond acceptors (Lipinski definition) is 4. The van der Waals surface area contributed by atoms with Gasteiger partial charge in [0.2, 0.25) is 0 Å². The molecule has 0 aromatic heterocycles. The third-order valence-corrected chi connectivity index (χ3v) is 5.54. The molecule has 5 nitrogen and oxygen atoms in total. The molecule has 8 heteroatoms. The normalized spacial score (nSPS) is 16.8. The van der Waals surface area contributed by atoms with Crippen LogP contribution in [0.1, 0.15) is 35.6 Å². The van der Waals surface area contributed by atoms with Gasteiger partial charge in [-0.25, -0.2) is 0 Å². The molecule has 1 atom stereocenters. The number of alkyl halides is 3. The maximum Gasteiger partial charge on any atom is 0.416 e. The van der Waals surface area contributed by atoms with E-state index < -0.39 is 29.7 Å². The Morgan fingerprint density at radius 3 is 2.30 bits per heavy atom. The fourth-order valence-electron chi connectivity index (χ4n) is 4.00. The van der Waals surface area contributed by atoms with Gasteiger partial charge in [0.25, 0.3) is 0 Å². The minimum absolute atomic E-state index is 0.113. The summed E-state index contributed by atoms with van der Waals surface area (Å²) in [4.78, 5) is 13.2. The third kappa shape index (κ3) is 4.53. The minimum Gasteiger partial charge on any atom is -0.497 e. The first-order valence-electron chi connectivity index (χ1n) is 9.61. The van der Waals surface area contributed by atoms with Crippen molar-refractivity contribution < 1.29 is 32.5 Å². The number of carboxylic acid groups (broad SMARTS) is 1. The number of carboxylic acids is 1. The summed E-state index contributed by atoms with van der Waals surface area (Å²) in [6.45, 7) is 0.728. The van der Waals surface area contributed by atoms with Crippen LogP contribution in [0, 0.1) is 5.92 Å². The van der Waals surface area contributed by atoms with E-state index in [-0.39, 0.29) is 5.56 Å². The molecule has 2 aromatic rings. The van der Waals surface area contributed by atoms with E-state index in [9.17, 15) is 23.1 Å². The van der Waals surface area contributed by atoms with Crippen LogP contribution >= 0.6 is 0 Å².